The average Bonchev–Trinajstić information content (AvgIpc) is 2.59. The van der Waals surface area contributed by atoms with Crippen LogP contribution in [0.3, 0.4) is 0 Å². The maximum atomic E-state index is 11.7. The predicted octanol–water partition coefficient (Wildman–Crippen LogP) is 1.18. The maximum Gasteiger partial charge on any atom is 0.338 e. The first-order chi connectivity index (χ1) is 12.8. The number of aliphatic carboxylic acids is 2. The van der Waals surface area contributed by atoms with Crippen LogP contribution in [0.15, 0.2) is 12.2 Å². The maximum absolute atomic E-state index is 11.7. The van der Waals surface area contributed by atoms with Crippen LogP contribution in [0.5, 0.6) is 0 Å². The Morgan fingerprint density at radius 3 is 1.18 bits per heavy atom. The Kier molecular flexibility index (Phi) is 10.4. The quantitative estimate of drug-likeness (QED) is 0.309. The van der Waals surface area contributed by atoms with Crippen molar-refractivity contribution in [3.8, 4) is 0 Å². The van der Waals surface area contributed by atoms with Crippen molar-refractivity contribution in [1.82, 2.24) is 0 Å². The zero-order chi connectivity index (χ0) is 22.0. The van der Waals surface area contributed by atoms with E-state index in [4.69, 9.17) is 10.2 Å². The minimum Gasteiger partial charge on any atom is -0.481 e. The highest BCUT2D eigenvalue weighted by Gasteiger charge is 2.24. The molecule has 0 amide bonds. The van der Waals surface area contributed by atoms with Crippen molar-refractivity contribution in [2.45, 2.75) is 40.5 Å². The minimum absolute atomic E-state index is 0.0334. The number of carbonyl (C=O) groups is 6. The molecule has 4 atom stereocenters. The lowest BCUT2D eigenvalue weighted by atomic mass is 9.98. The Balaban J connectivity index is 4.51. The van der Waals surface area contributed by atoms with E-state index in [9.17, 15) is 28.8 Å². The number of carboxylic acids is 2. The van der Waals surface area contributed by atoms with Crippen molar-refractivity contribution < 1.29 is 48.5 Å². The number of rotatable bonds is 10. The number of hydrogen-bond acceptors (Lipinski definition) is 8. The Bertz CT molecular complexity index is 607. The second kappa shape index (κ2) is 11.6. The molecule has 28 heavy (non-hydrogen) atoms. The molecule has 2 N–H and O–H groups in total. The van der Waals surface area contributed by atoms with E-state index in [0.717, 1.165) is 0 Å². The molecule has 0 spiro atoms. The highest BCUT2D eigenvalue weighted by molar-refractivity contribution is 5.99. The van der Waals surface area contributed by atoms with Crippen LogP contribution < -0.4 is 0 Å². The SMILES string of the molecule is CC(CC(C)C(=O)OC(=O)C=CC(=O)OC(=O)C(C)CC(C)C(=O)O)C(=O)O. The fourth-order valence-corrected chi connectivity index (χ4v) is 2.06. The predicted molar refractivity (Wildman–Crippen MR) is 92.5 cm³/mol. The van der Waals surface area contributed by atoms with Crippen molar-refractivity contribution in [2.75, 3.05) is 0 Å². The van der Waals surface area contributed by atoms with Gasteiger partial charge in [-0.1, -0.05) is 27.7 Å². The topological polar surface area (TPSA) is 161 Å². The van der Waals surface area contributed by atoms with Gasteiger partial charge >= 0.3 is 35.8 Å². The Morgan fingerprint density at radius 2 is 0.929 bits per heavy atom. The standard InChI is InChI=1S/C18H24O10/c1-9(15(21)22)7-11(3)17(25)27-13(19)5-6-14(20)28-18(26)12(4)8-10(2)16(23)24/h5-6,9-12H,7-8H2,1-4H3,(H,21,22)(H,23,24). The lowest BCUT2D eigenvalue weighted by molar-refractivity contribution is -0.162. The van der Waals surface area contributed by atoms with Gasteiger partial charge in [-0.15, -0.1) is 0 Å². The summed E-state index contributed by atoms with van der Waals surface area (Å²) in [6, 6.07) is 0. The molecule has 0 radical (unpaired) electrons. The number of carbonyl (C=O) groups excluding carboxylic acids is 4. The van der Waals surface area contributed by atoms with Crippen LogP contribution in [0.4, 0.5) is 0 Å². The van der Waals surface area contributed by atoms with Gasteiger partial charge in [0.2, 0.25) is 0 Å². The number of carboxylic acid groups (broad SMARTS) is 2. The van der Waals surface area contributed by atoms with Crippen LogP contribution in [0.1, 0.15) is 40.5 Å². The van der Waals surface area contributed by atoms with E-state index in [2.05, 4.69) is 9.47 Å². The van der Waals surface area contributed by atoms with E-state index < -0.39 is 59.5 Å². The molecule has 0 rings (SSSR count). The highest BCUT2D eigenvalue weighted by atomic mass is 16.6. The molecule has 0 saturated heterocycles. The normalized spacial score (nSPS) is 15.1. The second-order valence-corrected chi connectivity index (χ2v) is 6.57. The molecule has 10 heteroatoms. The van der Waals surface area contributed by atoms with Crippen LogP contribution in [-0.2, 0) is 38.2 Å². The van der Waals surface area contributed by atoms with Crippen LogP contribution in [0.2, 0.25) is 0 Å². The van der Waals surface area contributed by atoms with E-state index >= 15 is 0 Å². The third-order valence-electron chi connectivity index (χ3n) is 3.82. The van der Waals surface area contributed by atoms with Gasteiger partial charge in [-0.3, -0.25) is 19.2 Å². The van der Waals surface area contributed by atoms with Gasteiger partial charge in [-0.2, -0.15) is 0 Å². The summed E-state index contributed by atoms with van der Waals surface area (Å²) in [4.78, 5) is 67.9. The molecule has 0 aliphatic rings. The summed E-state index contributed by atoms with van der Waals surface area (Å²) in [6.45, 7) is 5.59. The lowest BCUT2D eigenvalue weighted by Gasteiger charge is -2.12. The van der Waals surface area contributed by atoms with E-state index in [0.29, 0.717) is 12.2 Å². The molecule has 0 aromatic carbocycles. The zero-order valence-electron chi connectivity index (χ0n) is 16.0. The largest absolute Gasteiger partial charge is 0.481 e. The van der Waals surface area contributed by atoms with Crippen LogP contribution >= 0.6 is 0 Å². The summed E-state index contributed by atoms with van der Waals surface area (Å²) in [5.74, 6) is -9.78. The van der Waals surface area contributed by atoms with Gasteiger partial charge in [0.05, 0.1) is 23.7 Å². The zero-order valence-corrected chi connectivity index (χ0v) is 16.0. The Morgan fingerprint density at radius 1 is 0.643 bits per heavy atom. The summed E-state index contributed by atoms with van der Waals surface area (Å²) in [5, 5.41) is 17.6. The first-order valence-electron chi connectivity index (χ1n) is 8.50. The average molecular weight is 400 g/mol. The molecule has 0 aliphatic heterocycles. The number of ether oxygens (including phenoxy) is 2. The molecule has 0 aliphatic carbocycles. The summed E-state index contributed by atoms with van der Waals surface area (Å²) in [7, 11) is 0. The molecular weight excluding hydrogens is 376 g/mol. The van der Waals surface area contributed by atoms with E-state index in [1.54, 1.807) is 0 Å². The van der Waals surface area contributed by atoms with Crippen molar-refractivity contribution in [2.24, 2.45) is 23.7 Å². The first-order valence-corrected chi connectivity index (χ1v) is 8.50. The van der Waals surface area contributed by atoms with Gasteiger partial charge in [0, 0.05) is 12.2 Å². The monoisotopic (exact) mass is 400 g/mol. The van der Waals surface area contributed by atoms with Crippen LogP contribution in [0.25, 0.3) is 0 Å². The Hall–Kier alpha value is -3.04. The lowest BCUT2D eigenvalue weighted by Crippen LogP contribution is -2.23. The van der Waals surface area contributed by atoms with Gasteiger partial charge in [0.15, 0.2) is 0 Å². The number of hydrogen-bond donors (Lipinski definition) is 2. The molecule has 0 fully saturated rings. The van der Waals surface area contributed by atoms with Crippen molar-refractivity contribution in [3.05, 3.63) is 12.2 Å². The third-order valence-corrected chi connectivity index (χ3v) is 3.82. The molecule has 10 nitrogen and oxygen atoms in total. The molecule has 0 saturated carbocycles. The second-order valence-electron chi connectivity index (χ2n) is 6.57. The molecule has 0 bridgehead atoms. The fourth-order valence-electron chi connectivity index (χ4n) is 2.06. The molecule has 156 valence electrons. The van der Waals surface area contributed by atoms with Gasteiger partial charge < -0.3 is 19.7 Å². The molecule has 0 aromatic heterocycles. The van der Waals surface area contributed by atoms with Gasteiger partial charge in [-0.05, 0) is 12.8 Å². The summed E-state index contributed by atoms with van der Waals surface area (Å²) < 4.78 is 8.92. The third kappa shape index (κ3) is 9.60. The highest BCUT2D eigenvalue weighted by Crippen LogP contribution is 2.15. The number of esters is 4. The summed E-state index contributed by atoms with van der Waals surface area (Å²) in [5.41, 5.74) is 0. The van der Waals surface area contributed by atoms with Crippen LogP contribution in [0, 0.1) is 23.7 Å². The van der Waals surface area contributed by atoms with E-state index in [1.165, 1.54) is 27.7 Å². The fraction of sp³-hybridized carbons (Fsp3) is 0.556. The Labute approximate surface area is 161 Å². The van der Waals surface area contributed by atoms with E-state index in [-0.39, 0.29) is 12.8 Å². The smallest absolute Gasteiger partial charge is 0.338 e. The first kappa shape index (κ1) is 25.0. The molecular formula is C18H24O10. The van der Waals surface area contributed by atoms with Gasteiger partial charge in [0.1, 0.15) is 0 Å². The van der Waals surface area contributed by atoms with E-state index in [1.807, 2.05) is 0 Å². The van der Waals surface area contributed by atoms with Gasteiger partial charge in [0.25, 0.3) is 0 Å². The minimum atomic E-state index is -1.18. The van der Waals surface area contributed by atoms with Crippen molar-refractivity contribution in [1.29, 1.82) is 0 Å². The molecule has 0 heterocycles. The van der Waals surface area contributed by atoms with Crippen molar-refractivity contribution in [3.63, 3.8) is 0 Å². The summed E-state index contributed by atoms with van der Waals surface area (Å²) in [6.07, 6.45) is 1.11. The van der Waals surface area contributed by atoms with Crippen LogP contribution in [-0.4, -0.2) is 46.0 Å². The summed E-state index contributed by atoms with van der Waals surface area (Å²) >= 11 is 0. The van der Waals surface area contributed by atoms with Gasteiger partial charge in [-0.25, -0.2) is 9.59 Å². The molecule has 0 aromatic rings. The molecule has 4 unspecified atom stereocenters. The van der Waals surface area contributed by atoms with Crippen molar-refractivity contribution >= 4 is 35.8 Å².